The first-order valence-corrected chi connectivity index (χ1v) is 12.9. The van der Waals surface area contributed by atoms with Gasteiger partial charge in [-0.25, -0.2) is 27.6 Å². The quantitative estimate of drug-likeness (QED) is 0.408. The molecule has 0 aliphatic heterocycles. The largest absolute Gasteiger partial charge is 0.453 e. The molecule has 1 amide bonds. The maximum Gasteiger partial charge on any atom is 0.407 e. The smallest absolute Gasteiger partial charge is 0.407 e. The predicted molar refractivity (Wildman–Crippen MR) is 136 cm³/mol. The lowest BCUT2D eigenvalue weighted by atomic mass is 10.0. The van der Waals surface area contributed by atoms with Gasteiger partial charge >= 0.3 is 6.09 Å². The van der Waals surface area contributed by atoms with E-state index in [0.717, 1.165) is 12.3 Å². The van der Waals surface area contributed by atoms with Crippen molar-refractivity contribution >= 4 is 33.4 Å². The van der Waals surface area contributed by atoms with Crippen molar-refractivity contribution in [1.29, 1.82) is 0 Å². The summed E-state index contributed by atoms with van der Waals surface area (Å²) in [4.78, 5) is 20.4. The van der Waals surface area contributed by atoms with Gasteiger partial charge in [-0.2, -0.15) is 5.10 Å². The van der Waals surface area contributed by atoms with Gasteiger partial charge in [-0.3, -0.25) is 9.40 Å². The highest BCUT2D eigenvalue weighted by atomic mass is 35.5. The van der Waals surface area contributed by atoms with Crippen molar-refractivity contribution in [3.63, 3.8) is 0 Å². The molecule has 1 atom stereocenters. The minimum atomic E-state index is -3.83. The molecule has 36 heavy (non-hydrogen) atoms. The Hall–Kier alpha value is -3.25. The van der Waals surface area contributed by atoms with E-state index in [4.69, 9.17) is 18.5 Å². The SMILES string of the molecule is [2H]C([2H])([2H])OC(=O)NC(C)C([2H])([2H])Cc1nccc(-c2cn(C(C)C)nc2-c2cc(Cl)cc(NS(C)(=O)=O)c2F)n1. The molecule has 1 unspecified atom stereocenters. The Morgan fingerprint density at radius 2 is 2.08 bits per heavy atom. The van der Waals surface area contributed by atoms with Crippen molar-refractivity contribution in [3.8, 4) is 22.5 Å². The Balaban J connectivity index is 2.01. The number of methoxy groups -OCH3 is 1. The summed E-state index contributed by atoms with van der Waals surface area (Å²) in [5.41, 5.74) is 0.230. The van der Waals surface area contributed by atoms with Gasteiger partial charge in [-0.05, 0) is 45.3 Å². The molecule has 3 aromatic rings. The summed E-state index contributed by atoms with van der Waals surface area (Å²) in [5.74, 6) is -0.885. The number of aryl methyl sites for hydroxylation is 1. The summed E-state index contributed by atoms with van der Waals surface area (Å²) in [6, 6.07) is 2.60. The van der Waals surface area contributed by atoms with Crippen LogP contribution in [-0.2, 0) is 21.2 Å². The number of halogens is 2. The Morgan fingerprint density at radius 1 is 1.33 bits per heavy atom. The molecule has 0 bridgehead atoms. The Bertz CT molecular complexity index is 1550. The highest BCUT2D eigenvalue weighted by Crippen LogP contribution is 2.37. The number of nitrogens with one attached hydrogen (secondary N) is 2. The summed E-state index contributed by atoms with van der Waals surface area (Å²) < 4.78 is 84.8. The average Bonchev–Trinajstić information content (AvgIpc) is 3.24. The number of sulfonamides is 1. The molecule has 0 fully saturated rings. The van der Waals surface area contributed by atoms with E-state index in [1.165, 1.54) is 25.3 Å². The van der Waals surface area contributed by atoms with Crippen LogP contribution in [0.5, 0.6) is 0 Å². The van der Waals surface area contributed by atoms with E-state index in [9.17, 15) is 13.2 Å². The Kier molecular flexibility index (Phi) is 6.51. The molecule has 194 valence electrons. The molecule has 2 aromatic heterocycles. The number of carbonyl (C=O) groups is 1. The van der Waals surface area contributed by atoms with Gasteiger partial charge in [0.25, 0.3) is 0 Å². The summed E-state index contributed by atoms with van der Waals surface area (Å²) in [6.07, 6.45) is 0.0192. The number of rotatable bonds is 9. The van der Waals surface area contributed by atoms with Crippen LogP contribution in [0.2, 0.25) is 5.02 Å². The molecule has 0 aliphatic rings. The van der Waals surface area contributed by atoms with Crippen LogP contribution >= 0.6 is 11.6 Å². The number of hydrogen-bond donors (Lipinski definition) is 2. The molecule has 13 heteroatoms. The topological polar surface area (TPSA) is 128 Å². The summed E-state index contributed by atoms with van der Waals surface area (Å²) in [7, 11) is -6.82. The lowest BCUT2D eigenvalue weighted by Gasteiger charge is -2.12. The minimum Gasteiger partial charge on any atom is -0.453 e. The number of nitrogens with zero attached hydrogens (tertiary/aromatic N) is 4. The van der Waals surface area contributed by atoms with Crippen LogP contribution in [0, 0.1) is 5.82 Å². The highest BCUT2D eigenvalue weighted by Gasteiger charge is 2.22. The first kappa shape index (κ1) is 20.9. The van der Waals surface area contributed by atoms with Crippen LogP contribution in [0.25, 0.3) is 22.5 Å². The second-order valence-corrected chi connectivity index (χ2v) is 10.3. The van der Waals surface area contributed by atoms with Crippen LogP contribution < -0.4 is 10.0 Å². The van der Waals surface area contributed by atoms with Crippen molar-refractivity contribution in [2.75, 3.05) is 18.0 Å². The van der Waals surface area contributed by atoms with Crippen molar-refractivity contribution in [3.05, 3.63) is 47.3 Å². The zero-order valence-electron chi connectivity index (χ0n) is 24.8. The van der Waals surface area contributed by atoms with Crippen LogP contribution in [0.3, 0.4) is 0 Å². The lowest BCUT2D eigenvalue weighted by molar-refractivity contribution is 0.167. The van der Waals surface area contributed by atoms with Gasteiger partial charge < -0.3 is 10.1 Å². The molecule has 0 saturated heterocycles. The third kappa shape index (κ3) is 6.91. The fraction of sp³-hybridized carbons (Fsp3) is 0.391. The van der Waals surface area contributed by atoms with Crippen LogP contribution in [0.4, 0.5) is 14.9 Å². The van der Waals surface area contributed by atoms with Crippen molar-refractivity contribution in [2.24, 2.45) is 0 Å². The minimum absolute atomic E-state index is 0.0274. The van der Waals surface area contributed by atoms with Crippen molar-refractivity contribution in [2.45, 2.75) is 45.6 Å². The van der Waals surface area contributed by atoms with E-state index < -0.39 is 47.8 Å². The molecule has 0 spiro atoms. The van der Waals surface area contributed by atoms with Crippen LogP contribution in [0.1, 0.15) is 45.9 Å². The average molecular weight is 544 g/mol. The van der Waals surface area contributed by atoms with E-state index >= 15 is 4.39 Å². The maximum atomic E-state index is 15.6. The van der Waals surface area contributed by atoms with Crippen LogP contribution in [0.15, 0.2) is 30.6 Å². The molecular formula is C23H28ClFN6O4S. The number of hydrogen-bond acceptors (Lipinski definition) is 7. The van der Waals surface area contributed by atoms with Crippen LogP contribution in [-0.4, -0.2) is 53.6 Å². The molecule has 2 heterocycles. The van der Waals surface area contributed by atoms with Gasteiger partial charge in [0.2, 0.25) is 10.0 Å². The number of benzene rings is 1. The van der Waals surface area contributed by atoms with Gasteiger partial charge in [0.15, 0.2) is 5.82 Å². The molecule has 0 saturated carbocycles. The number of ether oxygens (including phenoxy) is 1. The molecule has 3 rings (SSSR count). The Labute approximate surface area is 221 Å². The molecule has 0 radical (unpaired) electrons. The first-order valence-electron chi connectivity index (χ1n) is 13.1. The monoisotopic (exact) mass is 543 g/mol. The molecular weight excluding hydrogens is 511 g/mol. The number of alkyl carbamates (subject to hydrolysis) is 1. The van der Waals surface area contributed by atoms with Gasteiger partial charge in [-0.15, -0.1) is 0 Å². The number of aromatic nitrogens is 4. The predicted octanol–water partition coefficient (Wildman–Crippen LogP) is 4.43. The van der Waals surface area contributed by atoms with Crippen molar-refractivity contribution in [1.82, 2.24) is 25.1 Å². The third-order valence-corrected chi connectivity index (χ3v) is 5.63. The maximum absolute atomic E-state index is 15.6. The summed E-state index contributed by atoms with van der Waals surface area (Å²) >= 11 is 6.19. The number of amides is 1. The standard InChI is InChI=1S/C23H28ClFN6O4S/c1-13(2)31-12-17(18-8-9-26-20(28-18)7-6-14(3)27-23(32)35-4)22(29-31)16-10-15(24)11-19(21(16)25)30-36(5,33)34/h8-14,30H,6-7H2,1-5H3,(H,27,32)/i4D3,6D2. The molecule has 1 aromatic carbocycles. The second kappa shape index (κ2) is 11.2. The zero-order valence-corrected chi connectivity index (χ0v) is 21.4. The zero-order chi connectivity index (χ0) is 30.9. The van der Waals surface area contributed by atoms with Crippen molar-refractivity contribution < 1.29 is 29.2 Å². The lowest BCUT2D eigenvalue weighted by Crippen LogP contribution is -2.32. The molecule has 2 N–H and O–H groups in total. The first-order chi connectivity index (χ1) is 18.8. The van der Waals surface area contributed by atoms with E-state index in [-0.39, 0.29) is 39.5 Å². The molecule has 0 aliphatic carbocycles. The number of anilines is 1. The van der Waals surface area contributed by atoms with Gasteiger partial charge in [-0.1, -0.05) is 11.6 Å². The third-order valence-electron chi connectivity index (χ3n) is 4.82. The fourth-order valence-corrected chi connectivity index (χ4v) is 3.98. The van der Waals surface area contributed by atoms with E-state index in [2.05, 4.69) is 29.8 Å². The van der Waals surface area contributed by atoms with E-state index in [1.54, 1.807) is 10.9 Å². The number of carbonyl (C=O) groups excluding carboxylic acids is 1. The Morgan fingerprint density at radius 3 is 2.75 bits per heavy atom. The van der Waals surface area contributed by atoms with Gasteiger partial charge in [0.05, 0.1) is 28.8 Å². The fourth-order valence-electron chi connectivity index (χ4n) is 3.21. The second-order valence-electron chi connectivity index (χ2n) is 8.15. The van der Waals surface area contributed by atoms with E-state index in [0.29, 0.717) is 5.56 Å². The highest BCUT2D eigenvalue weighted by molar-refractivity contribution is 7.92. The normalized spacial score (nSPS) is 15.2. The summed E-state index contributed by atoms with van der Waals surface area (Å²) in [5, 5.41) is 6.69. The molecule has 10 nitrogen and oxygen atoms in total. The summed E-state index contributed by atoms with van der Waals surface area (Å²) in [6.45, 7) is 5.02. The van der Waals surface area contributed by atoms with Gasteiger partial charge in [0, 0.05) is 49.8 Å². The van der Waals surface area contributed by atoms with E-state index in [1.807, 2.05) is 13.8 Å². The van der Waals surface area contributed by atoms with Gasteiger partial charge in [0.1, 0.15) is 11.5 Å².